The quantitative estimate of drug-likeness (QED) is 0.515. The van der Waals surface area contributed by atoms with Crippen LogP contribution in [0.2, 0.25) is 0 Å². The van der Waals surface area contributed by atoms with Gasteiger partial charge in [-0.1, -0.05) is 39.7 Å². The molecule has 0 aliphatic heterocycles. The van der Waals surface area contributed by atoms with Gasteiger partial charge in [-0.05, 0) is 20.3 Å². The van der Waals surface area contributed by atoms with Crippen molar-refractivity contribution in [2.75, 3.05) is 5.33 Å². The molecule has 3 heteroatoms. The van der Waals surface area contributed by atoms with Gasteiger partial charge in [0.2, 0.25) is 0 Å². The molecule has 0 aliphatic rings. The Morgan fingerprint density at radius 2 is 1.92 bits per heavy atom. The van der Waals surface area contributed by atoms with Gasteiger partial charge in [-0.2, -0.15) is 0 Å². The molecule has 0 aromatic carbocycles. The summed E-state index contributed by atoms with van der Waals surface area (Å²) in [4.78, 5) is 0. The van der Waals surface area contributed by atoms with Gasteiger partial charge in [-0.3, -0.25) is 0 Å². The molecule has 0 saturated carbocycles. The molecule has 0 rings (SSSR count). The summed E-state index contributed by atoms with van der Waals surface area (Å²) < 4.78 is 0. The van der Waals surface area contributed by atoms with Crippen LogP contribution in [0.1, 0.15) is 20.3 Å². The van der Waals surface area contributed by atoms with Crippen molar-refractivity contribution in [3.8, 4) is 0 Å². The van der Waals surface area contributed by atoms with E-state index in [0.717, 1.165) is 22.9 Å². The Labute approximate surface area is 99.1 Å². The third-order valence-electron chi connectivity index (χ3n) is 1.81. The fourth-order valence-electron chi connectivity index (χ4n) is 0.740. The molecule has 0 spiro atoms. The highest BCUT2D eigenvalue weighted by atomic mass is 79.9. The molecule has 13 heavy (non-hydrogen) atoms. The van der Waals surface area contributed by atoms with Crippen LogP contribution in [0.25, 0.3) is 0 Å². The molecule has 0 bridgehead atoms. The van der Waals surface area contributed by atoms with E-state index in [2.05, 4.69) is 28.6 Å². The number of halogens is 3. The van der Waals surface area contributed by atoms with Crippen molar-refractivity contribution in [3.63, 3.8) is 0 Å². The molecule has 0 unspecified atom stereocenters. The highest BCUT2D eigenvalue weighted by molar-refractivity contribution is 9.09. The van der Waals surface area contributed by atoms with E-state index in [4.69, 9.17) is 23.2 Å². The van der Waals surface area contributed by atoms with Gasteiger partial charge in [0, 0.05) is 5.33 Å². The first-order chi connectivity index (χ1) is 5.99. The first kappa shape index (κ1) is 13.5. The largest absolute Gasteiger partial charge is 0.118 e. The van der Waals surface area contributed by atoms with Crippen molar-refractivity contribution in [3.05, 3.63) is 23.8 Å². The zero-order chi connectivity index (χ0) is 10.4. The van der Waals surface area contributed by atoms with E-state index >= 15 is 0 Å². The summed E-state index contributed by atoms with van der Waals surface area (Å²) in [5.74, 6) is 0. The second-order valence-electron chi connectivity index (χ2n) is 3.12. The predicted molar refractivity (Wildman–Crippen MR) is 66.3 cm³/mol. The van der Waals surface area contributed by atoms with Crippen molar-refractivity contribution in [1.82, 2.24) is 0 Å². The summed E-state index contributed by atoms with van der Waals surface area (Å²) >= 11 is 15.3. The highest BCUT2D eigenvalue weighted by Crippen LogP contribution is 2.17. The van der Waals surface area contributed by atoms with Crippen LogP contribution in [0, 0.1) is 0 Å². The SMILES string of the molecule is C=C(C)[C@@H](Cl)C/C=C(\C)[C@H](Cl)CBr. The zero-order valence-corrected chi connectivity index (χ0v) is 11.1. The Morgan fingerprint density at radius 1 is 1.38 bits per heavy atom. The minimum Gasteiger partial charge on any atom is -0.118 e. The van der Waals surface area contributed by atoms with E-state index in [1.54, 1.807) is 0 Å². The van der Waals surface area contributed by atoms with E-state index in [1.165, 1.54) is 0 Å². The van der Waals surface area contributed by atoms with Crippen LogP contribution < -0.4 is 0 Å². The summed E-state index contributed by atoms with van der Waals surface area (Å²) in [5, 5.41) is 0.861. The second-order valence-corrected chi connectivity index (χ2v) is 4.82. The molecule has 0 radical (unpaired) electrons. The molecule has 76 valence electrons. The fourth-order valence-corrected chi connectivity index (χ4v) is 1.43. The van der Waals surface area contributed by atoms with Crippen molar-refractivity contribution in [2.45, 2.75) is 31.0 Å². The molecule has 0 saturated heterocycles. The van der Waals surface area contributed by atoms with Gasteiger partial charge >= 0.3 is 0 Å². The Bertz CT molecular complexity index is 199. The summed E-state index contributed by atoms with van der Waals surface area (Å²) in [7, 11) is 0. The lowest BCUT2D eigenvalue weighted by Gasteiger charge is -2.08. The molecule has 0 aromatic rings. The molecular weight excluding hydrogens is 271 g/mol. The third-order valence-corrected chi connectivity index (χ3v) is 3.88. The maximum atomic E-state index is 6.01. The maximum absolute atomic E-state index is 6.01. The Kier molecular flexibility index (Phi) is 7.20. The van der Waals surface area contributed by atoms with Crippen molar-refractivity contribution < 1.29 is 0 Å². The van der Waals surface area contributed by atoms with Crippen LogP contribution in [-0.4, -0.2) is 16.1 Å². The molecule has 0 fully saturated rings. The van der Waals surface area contributed by atoms with E-state index in [1.807, 2.05) is 13.8 Å². The van der Waals surface area contributed by atoms with Crippen molar-refractivity contribution >= 4 is 39.1 Å². The molecule has 0 aromatic heterocycles. The average Bonchev–Trinajstić information content (AvgIpc) is 2.11. The first-order valence-electron chi connectivity index (χ1n) is 4.15. The average molecular weight is 286 g/mol. The molecule has 2 atom stereocenters. The van der Waals surface area contributed by atoms with E-state index in [0.29, 0.717) is 0 Å². The number of hydrogen-bond acceptors (Lipinski definition) is 0. The molecule has 0 nitrogen and oxygen atoms in total. The normalized spacial score (nSPS) is 16.8. The van der Waals surface area contributed by atoms with Crippen molar-refractivity contribution in [2.24, 2.45) is 0 Å². The zero-order valence-electron chi connectivity index (χ0n) is 7.99. The van der Waals surface area contributed by atoms with Gasteiger partial charge in [0.05, 0.1) is 10.8 Å². The van der Waals surface area contributed by atoms with E-state index in [9.17, 15) is 0 Å². The van der Waals surface area contributed by atoms with Crippen LogP contribution in [0.15, 0.2) is 23.8 Å². The van der Waals surface area contributed by atoms with Crippen LogP contribution >= 0.6 is 39.1 Å². The predicted octanol–water partition coefficient (Wildman–Crippen LogP) is 4.51. The molecule has 0 aliphatic carbocycles. The van der Waals surface area contributed by atoms with Crippen LogP contribution in [0.4, 0.5) is 0 Å². The number of rotatable bonds is 5. The molecule has 0 heterocycles. The van der Waals surface area contributed by atoms with Gasteiger partial charge < -0.3 is 0 Å². The number of allylic oxidation sites excluding steroid dienone is 3. The number of hydrogen-bond donors (Lipinski definition) is 0. The summed E-state index contributed by atoms with van der Waals surface area (Å²) in [6.45, 7) is 7.74. The molecular formula is C10H15BrCl2. The first-order valence-corrected chi connectivity index (χ1v) is 6.14. The van der Waals surface area contributed by atoms with Gasteiger partial charge in [-0.25, -0.2) is 0 Å². The van der Waals surface area contributed by atoms with Gasteiger partial charge in [-0.15, -0.1) is 23.2 Å². The fraction of sp³-hybridized carbons (Fsp3) is 0.600. The summed E-state index contributed by atoms with van der Waals surface area (Å²) in [6.07, 6.45) is 2.88. The van der Waals surface area contributed by atoms with Crippen LogP contribution in [0.5, 0.6) is 0 Å². The molecule has 0 N–H and O–H groups in total. The van der Waals surface area contributed by atoms with Gasteiger partial charge in [0.1, 0.15) is 0 Å². The monoisotopic (exact) mass is 284 g/mol. The highest BCUT2D eigenvalue weighted by Gasteiger charge is 2.06. The maximum Gasteiger partial charge on any atom is 0.0639 e. The number of alkyl halides is 3. The lowest BCUT2D eigenvalue weighted by molar-refractivity contribution is 0.967. The lowest BCUT2D eigenvalue weighted by atomic mass is 10.1. The minimum atomic E-state index is 0.0224. The van der Waals surface area contributed by atoms with E-state index in [-0.39, 0.29) is 10.8 Å². The smallest absolute Gasteiger partial charge is 0.0639 e. The second kappa shape index (κ2) is 6.92. The summed E-state index contributed by atoms with van der Waals surface area (Å²) in [5.41, 5.74) is 2.15. The van der Waals surface area contributed by atoms with Gasteiger partial charge in [0.15, 0.2) is 0 Å². The Morgan fingerprint density at radius 3 is 2.31 bits per heavy atom. The van der Waals surface area contributed by atoms with E-state index < -0.39 is 0 Å². The standard InChI is InChI=1S/C10H15BrCl2/c1-7(2)9(12)5-4-8(3)10(13)6-11/h4,9-10H,1,5-6H2,2-3H3/b8-4+/t9-,10+/m0/s1. The summed E-state index contributed by atoms with van der Waals surface area (Å²) in [6, 6.07) is 0. The topological polar surface area (TPSA) is 0 Å². The molecule has 0 amide bonds. The van der Waals surface area contributed by atoms with Crippen LogP contribution in [-0.2, 0) is 0 Å². The third kappa shape index (κ3) is 5.77. The minimum absolute atomic E-state index is 0.0224. The Hall–Kier alpha value is 0.540. The van der Waals surface area contributed by atoms with Crippen LogP contribution in [0.3, 0.4) is 0 Å². The Balaban J connectivity index is 4.03. The van der Waals surface area contributed by atoms with Crippen molar-refractivity contribution in [1.29, 1.82) is 0 Å². The van der Waals surface area contributed by atoms with Gasteiger partial charge in [0.25, 0.3) is 0 Å². The lowest BCUT2D eigenvalue weighted by Crippen LogP contribution is -2.03.